The highest BCUT2D eigenvalue weighted by molar-refractivity contribution is 7.99. The molecule has 0 bridgehead atoms. The van der Waals surface area contributed by atoms with Crippen molar-refractivity contribution in [3.63, 3.8) is 0 Å². The molecule has 0 saturated heterocycles. The van der Waals surface area contributed by atoms with Crippen LogP contribution >= 0.6 is 11.8 Å². The summed E-state index contributed by atoms with van der Waals surface area (Å²) in [6.45, 7) is 7.90. The van der Waals surface area contributed by atoms with E-state index >= 15 is 0 Å². The van der Waals surface area contributed by atoms with Crippen LogP contribution in [-0.2, 0) is 4.74 Å². The first-order chi connectivity index (χ1) is 10.3. The standard InChI is InChI=1S/C16H24N2O3S/c1-5-22-14-9-8-12(11-18-14)13(19)7-6-10-17-15(20)21-16(2,3)4/h8-9,11H,5-7,10H2,1-4H3,(H,17,20). The molecule has 6 heteroatoms. The molecule has 0 aromatic carbocycles. The van der Waals surface area contributed by atoms with Gasteiger partial charge in [0.15, 0.2) is 5.78 Å². The molecule has 0 aliphatic rings. The van der Waals surface area contributed by atoms with Crippen molar-refractivity contribution in [3.8, 4) is 0 Å². The number of ketones is 1. The molecule has 1 aromatic rings. The number of ether oxygens (including phenoxy) is 1. The van der Waals surface area contributed by atoms with Crippen LogP contribution in [0, 0.1) is 0 Å². The van der Waals surface area contributed by atoms with E-state index in [0.717, 1.165) is 10.8 Å². The largest absolute Gasteiger partial charge is 0.444 e. The monoisotopic (exact) mass is 324 g/mol. The summed E-state index contributed by atoms with van der Waals surface area (Å²) in [5.41, 5.74) is 0.0989. The minimum atomic E-state index is -0.510. The number of nitrogens with one attached hydrogen (secondary N) is 1. The Morgan fingerprint density at radius 2 is 2.05 bits per heavy atom. The number of hydrogen-bond acceptors (Lipinski definition) is 5. The molecule has 1 rings (SSSR count). The van der Waals surface area contributed by atoms with Gasteiger partial charge in [0.25, 0.3) is 0 Å². The van der Waals surface area contributed by atoms with Crippen LogP contribution in [0.25, 0.3) is 0 Å². The number of carbonyl (C=O) groups excluding carboxylic acids is 2. The maximum absolute atomic E-state index is 12.0. The summed E-state index contributed by atoms with van der Waals surface area (Å²) in [5.74, 6) is 0.989. The topological polar surface area (TPSA) is 68.3 Å². The fourth-order valence-electron chi connectivity index (χ4n) is 1.68. The van der Waals surface area contributed by atoms with E-state index in [1.54, 1.807) is 24.0 Å². The second-order valence-electron chi connectivity index (χ2n) is 5.77. The molecule has 1 aromatic heterocycles. The molecule has 1 N–H and O–H groups in total. The third-order valence-electron chi connectivity index (χ3n) is 2.60. The Hall–Kier alpha value is -1.56. The summed E-state index contributed by atoms with van der Waals surface area (Å²) in [4.78, 5) is 27.7. The van der Waals surface area contributed by atoms with Crippen LogP contribution in [0.15, 0.2) is 23.4 Å². The second-order valence-corrected chi connectivity index (χ2v) is 7.06. The normalized spacial score (nSPS) is 11.1. The third kappa shape index (κ3) is 7.45. The van der Waals surface area contributed by atoms with Crippen LogP contribution in [0.5, 0.6) is 0 Å². The number of Topliss-reactive ketones (excluding diaryl/α,β-unsaturated/α-hetero) is 1. The Morgan fingerprint density at radius 1 is 1.32 bits per heavy atom. The Balaban J connectivity index is 2.30. The van der Waals surface area contributed by atoms with E-state index in [-0.39, 0.29) is 5.78 Å². The van der Waals surface area contributed by atoms with Crippen molar-refractivity contribution in [1.82, 2.24) is 10.3 Å². The van der Waals surface area contributed by atoms with Crippen LogP contribution in [0.2, 0.25) is 0 Å². The van der Waals surface area contributed by atoms with Crippen molar-refractivity contribution >= 4 is 23.6 Å². The van der Waals surface area contributed by atoms with E-state index in [2.05, 4.69) is 17.2 Å². The first-order valence-electron chi connectivity index (χ1n) is 7.40. The lowest BCUT2D eigenvalue weighted by molar-refractivity contribution is 0.0525. The van der Waals surface area contributed by atoms with Crippen LogP contribution in [0.3, 0.4) is 0 Å². The molecule has 5 nitrogen and oxygen atoms in total. The van der Waals surface area contributed by atoms with E-state index in [9.17, 15) is 9.59 Å². The summed E-state index contributed by atoms with van der Waals surface area (Å²) in [6, 6.07) is 3.66. The first kappa shape index (κ1) is 18.5. The van der Waals surface area contributed by atoms with E-state index in [0.29, 0.717) is 24.9 Å². The quantitative estimate of drug-likeness (QED) is 0.471. The molecule has 0 unspecified atom stereocenters. The van der Waals surface area contributed by atoms with Crippen molar-refractivity contribution < 1.29 is 14.3 Å². The molecular weight excluding hydrogens is 300 g/mol. The van der Waals surface area contributed by atoms with Crippen molar-refractivity contribution in [2.75, 3.05) is 12.3 Å². The van der Waals surface area contributed by atoms with Gasteiger partial charge in [-0.15, -0.1) is 11.8 Å². The molecule has 22 heavy (non-hydrogen) atoms. The van der Waals surface area contributed by atoms with Crippen LogP contribution in [0.4, 0.5) is 4.79 Å². The van der Waals surface area contributed by atoms with E-state index < -0.39 is 11.7 Å². The highest BCUT2D eigenvalue weighted by Crippen LogP contribution is 2.15. The molecule has 0 fully saturated rings. The van der Waals surface area contributed by atoms with Gasteiger partial charge in [0.2, 0.25) is 0 Å². The Morgan fingerprint density at radius 3 is 2.59 bits per heavy atom. The maximum atomic E-state index is 12.0. The number of rotatable bonds is 7. The van der Waals surface area contributed by atoms with E-state index in [1.165, 1.54) is 0 Å². The first-order valence-corrected chi connectivity index (χ1v) is 8.39. The lowest BCUT2D eigenvalue weighted by Gasteiger charge is -2.19. The molecule has 0 saturated carbocycles. The molecule has 0 spiro atoms. The molecule has 0 radical (unpaired) electrons. The molecular formula is C16H24N2O3S. The second kappa shape index (κ2) is 8.78. The minimum absolute atomic E-state index is 0.0338. The molecule has 122 valence electrons. The molecule has 0 aliphatic heterocycles. The van der Waals surface area contributed by atoms with Gasteiger partial charge >= 0.3 is 6.09 Å². The number of aromatic nitrogens is 1. The number of hydrogen-bond donors (Lipinski definition) is 1. The van der Waals surface area contributed by atoms with Gasteiger partial charge in [-0.05, 0) is 45.1 Å². The summed E-state index contributed by atoms with van der Waals surface area (Å²) < 4.78 is 5.12. The zero-order chi connectivity index (χ0) is 16.6. The average molecular weight is 324 g/mol. The molecule has 1 amide bonds. The minimum Gasteiger partial charge on any atom is -0.444 e. The van der Waals surface area contributed by atoms with Crippen molar-refractivity contribution in [2.24, 2.45) is 0 Å². The average Bonchev–Trinajstić information content (AvgIpc) is 2.42. The Bertz CT molecular complexity index is 495. The highest BCUT2D eigenvalue weighted by atomic mass is 32.2. The van der Waals surface area contributed by atoms with Crippen LogP contribution < -0.4 is 5.32 Å². The van der Waals surface area contributed by atoms with Crippen LogP contribution in [0.1, 0.15) is 50.9 Å². The third-order valence-corrected chi connectivity index (χ3v) is 3.43. The smallest absolute Gasteiger partial charge is 0.407 e. The van der Waals surface area contributed by atoms with Gasteiger partial charge < -0.3 is 10.1 Å². The predicted octanol–water partition coefficient (Wildman–Crippen LogP) is 3.68. The van der Waals surface area contributed by atoms with Gasteiger partial charge in [0.1, 0.15) is 5.60 Å². The van der Waals surface area contributed by atoms with Gasteiger partial charge in [-0.25, -0.2) is 9.78 Å². The van der Waals surface area contributed by atoms with Crippen molar-refractivity contribution in [2.45, 2.75) is 51.2 Å². The SMILES string of the molecule is CCSc1ccc(C(=O)CCCNC(=O)OC(C)(C)C)cn1. The number of thioether (sulfide) groups is 1. The molecule has 1 heterocycles. The lowest BCUT2D eigenvalue weighted by Crippen LogP contribution is -2.33. The number of amides is 1. The summed E-state index contributed by atoms with van der Waals surface area (Å²) in [6.07, 6.45) is 2.10. The van der Waals surface area contributed by atoms with Gasteiger partial charge in [-0.1, -0.05) is 6.92 Å². The number of pyridine rings is 1. The maximum Gasteiger partial charge on any atom is 0.407 e. The van der Waals surface area contributed by atoms with Gasteiger partial charge in [0.05, 0.1) is 5.03 Å². The summed E-state index contributed by atoms with van der Waals surface area (Å²) >= 11 is 1.64. The summed E-state index contributed by atoms with van der Waals surface area (Å²) in [7, 11) is 0. The van der Waals surface area contributed by atoms with Gasteiger partial charge in [-0.2, -0.15) is 0 Å². The van der Waals surface area contributed by atoms with E-state index in [4.69, 9.17) is 4.74 Å². The van der Waals surface area contributed by atoms with E-state index in [1.807, 2.05) is 26.8 Å². The van der Waals surface area contributed by atoms with Gasteiger partial charge in [-0.3, -0.25) is 4.79 Å². The number of alkyl carbamates (subject to hydrolysis) is 1. The zero-order valence-corrected chi connectivity index (χ0v) is 14.5. The fourth-order valence-corrected chi connectivity index (χ4v) is 2.26. The Labute approximate surface area is 136 Å². The lowest BCUT2D eigenvalue weighted by atomic mass is 10.1. The highest BCUT2D eigenvalue weighted by Gasteiger charge is 2.15. The number of nitrogens with zero attached hydrogens (tertiary/aromatic N) is 1. The van der Waals surface area contributed by atoms with Crippen LogP contribution in [-0.4, -0.2) is 34.8 Å². The summed E-state index contributed by atoms with van der Waals surface area (Å²) in [5, 5.41) is 3.56. The zero-order valence-electron chi connectivity index (χ0n) is 13.6. The predicted molar refractivity (Wildman–Crippen MR) is 88.4 cm³/mol. The molecule has 0 atom stereocenters. The van der Waals surface area contributed by atoms with Gasteiger partial charge in [0, 0.05) is 24.7 Å². The number of carbonyl (C=O) groups is 2. The molecule has 0 aliphatic carbocycles. The van der Waals surface area contributed by atoms with Crippen molar-refractivity contribution in [3.05, 3.63) is 23.9 Å². The Kier molecular flexibility index (Phi) is 7.38. The fraction of sp³-hybridized carbons (Fsp3) is 0.562. The van der Waals surface area contributed by atoms with Crippen molar-refractivity contribution in [1.29, 1.82) is 0 Å².